The summed E-state index contributed by atoms with van der Waals surface area (Å²) in [6, 6.07) is 7.29. The maximum Gasteiger partial charge on any atom is 0.247 e. The molecule has 1 fully saturated rings. The van der Waals surface area contributed by atoms with E-state index in [1.165, 1.54) is 23.0 Å². The van der Waals surface area contributed by atoms with Gasteiger partial charge in [0.2, 0.25) is 11.8 Å². The maximum atomic E-state index is 12.3. The number of carbonyl (C=O) groups is 2. The van der Waals surface area contributed by atoms with Crippen molar-refractivity contribution in [2.75, 3.05) is 4.90 Å². The molecule has 1 aliphatic rings. The predicted molar refractivity (Wildman–Crippen MR) is 82.3 cm³/mol. The summed E-state index contributed by atoms with van der Waals surface area (Å²) < 4.78 is 1.05. The Bertz CT molecular complexity index is 644. The zero-order valence-electron chi connectivity index (χ0n) is 10.1. The number of carbonyl (C=O) groups excluding carboxylic acids is 2. The van der Waals surface area contributed by atoms with Gasteiger partial charge in [0.25, 0.3) is 0 Å². The Labute approximate surface area is 132 Å². The van der Waals surface area contributed by atoms with Gasteiger partial charge in [0.1, 0.15) is 11.6 Å². The molecule has 1 atom stereocenters. The van der Waals surface area contributed by atoms with E-state index in [1.807, 2.05) is 12.1 Å². The van der Waals surface area contributed by atoms with Crippen LogP contribution in [0.5, 0.6) is 0 Å². The molecule has 0 radical (unpaired) electrons. The third kappa shape index (κ3) is 2.57. The number of benzene rings is 1. The highest BCUT2D eigenvalue weighted by Crippen LogP contribution is 2.32. The summed E-state index contributed by atoms with van der Waals surface area (Å²) >= 11 is 3.41. The van der Waals surface area contributed by atoms with Crippen molar-refractivity contribution < 1.29 is 9.59 Å². The fourth-order valence-electron chi connectivity index (χ4n) is 1.94. The molecule has 0 spiro atoms. The summed E-state index contributed by atoms with van der Waals surface area (Å²) in [5.74, 6) is -0.397. The Balaban J connectivity index is 1.81. The average molecular weight is 400 g/mol. The fraction of sp³-hybridized carbons (Fsp3) is 0.167. The lowest BCUT2D eigenvalue weighted by molar-refractivity contribution is -0.121. The molecule has 0 saturated carbocycles. The van der Waals surface area contributed by atoms with E-state index in [2.05, 4.69) is 37.8 Å². The first-order valence-electron chi connectivity index (χ1n) is 5.79. The fourth-order valence-corrected chi connectivity index (χ4v) is 3.22. The topological polar surface area (TPSA) is 79.0 Å². The van der Waals surface area contributed by atoms with Crippen molar-refractivity contribution in [3.63, 3.8) is 0 Å². The molecule has 0 unspecified atom stereocenters. The highest BCUT2D eigenvalue weighted by atomic mass is 127. The molecule has 6 nitrogen and oxygen atoms in total. The van der Waals surface area contributed by atoms with Crippen LogP contribution in [-0.4, -0.2) is 32.2 Å². The molecular weight excluding hydrogens is 391 g/mol. The Morgan fingerprint density at radius 2 is 2.05 bits per heavy atom. The van der Waals surface area contributed by atoms with E-state index in [9.17, 15) is 9.59 Å². The van der Waals surface area contributed by atoms with Gasteiger partial charge in [0.15, 0.2) is 5.16 Å². The number of aromatic amines is 1. The zero-order chi connectivity index (χ0) is 14.1. The van der Waals surface area contributed by atoms with Gasteiger partial charge in [-0.05, 0) is 46.9 Å². The van der Waals surface area contributed by atoms with Crippen LogP contribution in [0.2, 0.25) is 0 Å². The van der Waals surface area contributed by atoms with Crippen LogP contribution in [0.15, 0.2) is 35.7 Å². The number of H-pyrrole nitrogens is 1. The van der Waals surface area contributed by atoms with Gasteiger partial charge in [0, 0.05) is 9.99 Å². The summed E-state index contributed by atoms with van der Waals surface area (Å²) in [4.78, 5) is 29.6. The van der Waals surface area contributed by atoms with Gasteiger partial charge in [-0.25, -0.2) is 9.88 Å². The molecule has 2 aromatic rings. The van der Waals surface area contributed by atoms with Gasteiger partial charge in [-0.1, -0.05) is 11.8 Å². The van der Waals surface area contributed by atoms with Crippen LogP contribution in [0.3, 0.4) is 0 Å². The van der Waals surface area contributed by atoms with E-state index >= 15 is 0 Å². The number of amides is 2. The Kier molecular flexibility index (Phi) is 3.74. The van der Waals surface area contributed by atoms with Crippen molar-refractivity contribution in [1.82, 2.24) is 15.2 Å². The molecule has 1 aliphatic heterocycles. The van der Waals surface area contributed by atoms with E-state index in [0.717, 1.165) is 3.57 Å². The van der Waals surface area contributed by atoms with Crippen molar-refractivity contribution >= 4 is 51.9 Å². The highest BCUT2D eigenvalue weighted by Gasteiger charge is 2.40. The number of imide groups is 1. The van der Waals surface area contributed by atoms with Crippen molar-refractivity contribution in [2.45, 2.75) is 16.8 Å². The molecule has 102 valence electrons. The van der Waals surface area contributed by atoms with Crippen LogP contribution in [0, 0.1) is 3.57 Å². The summed E-state index contributed by atoms with van der Waals surface area (Å²) in [5, 5.41) is 6.50. The third-order valence-electron chi connectivity index (χ3n) is 2.84. The third-order valence-corrected chi connectivity index (χ3v) is 4.63. The molecule has 3 rings (SSSR count). The lowest BCUT2D eigenvalue weighted by Gasteiger charge is -2.14. The number of halogens is 1. The maximum absolute atomic E-state index is 12.3. The highest BCUT2D eigenvalue weighted by molar-refractivity contribution is 14.1. The Morgan fingerprint density at radius 1 is 1.30 bits per heavy atom. The number of aromatic nitrogens is 3. The van der Waals surface area contributed by atoms with E-state index in [0.29, 0.717) is 10.8 Å². The van der Waals surface area contributed by atoms with Crippen LogP contribution in [0.1, 0.15) is 6.42 Å². The van der Waals surface area contributed by atoms with Crippen LogP contribution < -0.4 is 4.90 Å². The normalized spacial score (nSPS) is 18.9. The molecule has 20 heavy (non-hydrogen) atoms. The zero-order valence-corrected chi connectivity index (χ0v) is 13.1. The molecule has 1 aromatic carbocycles. The Morgan fingerprint density at radius 3 is 2.70 bits per heavy atom. The number of hydrogen-bond acceptors (Lipinski definition) is 5. The quantitative estimate of drug-likeness (QED) is 0.629. The van der Waals surface area contributed by atoms with E-state index in [1.54, 1.807) is 12.1 Å². The number of anilines is 1. The van der Waals surface area contributed by atoms with Crippen molar-refractivity contribution in [3.8, 4) is 0 Å². The smallest absolute Gasteiger partial charge is 0.247 e. The summed E-state index contributed by atoms with van der Waals surface area (Å²) in [6.45, 7) is 0. The molecule has 0 bridgehead atoms. The molecule has 8 heteroatoms. The van der Waals surface area contributed by atoms with Crippen LogP contribution in [0.4, 0.5) is 5.69 Å². The molecule has 2 amide bonds. The second-order valence-corrected chi connectivity index (χ2v) is 6.58. The van der Waals surface area contributed by atoms with E-state index in [4.69, 9.17) is 0 Å². The van der Waals surface area contributed by atoms with Gasteiger partial charge >= 0.3 is 0 Å². The first-order valence-corrected chi connectivity index (χ1v) is 7.75. The van der Waals surface area contributed by atoms with Crippen molar-refractivity contribution in [1.29, 1.82) is 0 Å². The molecular formula is C12H9IN4O2S. The number of nitrogens with zero attached hydrogens (tertiary/aromatic N) is 3. The van der Waals surface area contributed by atoms with Crippen LogP contribution >= 0.6 is 34.4 Å². The van der Waals surface area contributed by atoms with Crippen LogP contribution in [-0.2, 0) is 9.59 Å². The molecule has 1 aromatic heterocycles. The molecule has 1 saturated heterocycles. The molecule has 0 aliphatic carbocycles. The number of hydrogen-bond donors (Lipinski definition) is 1. The molecule has 1 N–H and O–H groups in total. The summed E-state index contributed by atoms with van der Waals surface area (Å²) in [6.07, 6.45) is 1.55. The van der Waals surface area contributed by atoms with Gasteiger partial charge in [-0.3, -0.25) is 14.7 Å². The second kappa shape index (κ2) is 5.52. The lowest BCUT2D eigenvalue weighted by Crippen LogP contribution is -2.31. The lowest BCUT2D eigenvalue weighted by atomic mass is 10.3. The number of rotatable bonds is 3. The first kappa shape index (κ1) is 13.6. The number of thioether (sulfide) groups is 1. The van der Waals surface area contributed by atoms with Gasteiger partial charge in [-0.2, -0.15) is 5.10 Å². The minimum atomic E-state index is -0.449. The number of nitrogens with one attached hydrogen (secondary N) is 1. The van der Waals surface area contributed by atoms with E-state index in [-0.39, 0.29) is 18.2 Å². The Hall–Kier alpha value is -1.42. The average Bonchev–Trinajstić information content (AvgIpc) is 3.02. The van der Waals surface area contributed by atoms with Crippen molar-refractivity contribution in [3.05, 3.63) is 34.2 Å². The monoisotopic (exact) mass is 400 g/mol. The van der Waals surface area contributed by atoms with Gasteiger partial charge in [-0.15, -0.1) is 0 Å². The predicted octanol–water partition coefficient (Wildman–Crippen LogP) is 1.83. The minimum Gasteiger partial charge on any atom is -0.274 e. The van der Waals surface area contributed by atoms with Gasteiger partial charge < -0.3 is 0 Å². The summed E-state index contributed by atoms with van der Waals surface area (Å²) in [7, 11) is 0. The minimum absolute atomic E-state index is 0.177. The largest absolute Gasteiger partial charge is 0.274 e. The summed E-state index contributed by atoms with van der Waals surface area (Å²) in [5.41, 5.74) is 0.612. The van der Waals surface area contributed by atoms with Gasteiger partial charge in [0.05, 0.1) is 5.69 Å². The first-order chi connectivity index (χ1) is 9.65. The van der Waals surface area contributed by atoms with Crippen molar-refractivity contribution in [2.24, 2.45) is 0 Å². The second-order valence-electron chi connectivity index (χ2n) is 4.15. The SMILES string of the molecule is O=C1C[C@@H](Sc2ncn[nH]2)C(=O)N1c1ccc(I)cc1. The van der Waals surface area contributed by atoms with Crippen LogP contribution in [0.25, 0.3) is 0 Å². The van der Waals surface area contributed by atoms with E-state index < -0.39 is 5.25 Å². The standard InChI is InChI=1S/C12H9IN4O2S/c13-7-1-3-8(4-2-7)17-10(18)5-9(11(17)19)20-12-14-6-15-16-12/h1-4,6,9H,5H2,(H,14,15,16)/t9-/m1/s1. The molecule has 2 heterocycles.